The summed E-state index contributed by atoms with van der Waals surface area (Å²) in [6.45, 7) is 0. The molecule has 0 unspecified atom stereocenters. The zero-order valence-electron chi connectivity index (χ0n) is 9.64. The third-order valence-electron chi connectivity index (χ3n) is 2.63. The van der Waals surface area contributed by atoms with E-state index in [9.17, 15) is 0 Å². The highest BCUT2D eigenvalue weighted by molar-refractivity contribution is 7.80. The predicted octanol–water partition coefficient (Wildman–Crippen LogP) is 2.94. The van der Waals surface area contributed by atoms with E-state index in [1.807, 2.05) is 70.6 Å². The lowest BCUT2D eigenvalue weighted by molar-refractivity contribution is -0.517. The Morgan fingerprint density at radius 3 is 2.28 bits per heavy atom. The summed E-state index contributed by atoms with van der Waals surface area (Å²) in [5.74, 6) is 0. The van der Waals surface area contributed by atoms with Gasteiger partial charge in [0.05, 0.1) is 4.81 Å². The van der Waals surface area contributed by atoms with Crippen molar-refractivity contribution < 1.29 is 4.81 Å². The first kappa shape index (κ1) is 11.3. The Labute approximate surface area is 111 Å². The van der Waals surface area contributed by atoms with Gasteiger partial charge in [0.15, 0.2) is 0 Å². The largest absolute Gasteiger partial charge is 0.267 e. The molecule has 1 atom stereocenters. The molecule has 0 saturated carbocycles. The molecule has 2 aromatic carbocycles. The summed E-state index contributed by atoms with van der Waals surface area (Å²) in [4.78, 5) is 1.81. The molecule has 0 aliphatic carbocycles. The van der Waals surface area contributed by atoms with Crippen LogP contribution < -0.4 is 10.5 Å². The van der Waals surface area contributed by atoms with E-state index in [-0.39, 0.29) is 5.50 Å². The molecule has 5 heteroatoms. The second-order valence-corrected chi connectivity index (χ2v) is 4.38. The fourth-order valence-corrected chi connectivity index (χ4v) is 2.05. The molecule has 90 valence electrons. The van der Waals surface area contributed by atoms with Crippen molar-refractivity contribution >= 4 is 24.0 Å². The second-order valence-electron chi connectivity index (χ2n) is 3.89. The molecule has 0 amide bonds. The van der Waals surface area contributed by atoms with Gasteiger partial charge in [-0.15, -0.1) is 18.1 Å². The predicted molar refractivity (Wildman–Crippen MR) is 73.6 cm³/mol. The standard InChI is InChI=1S/C13H12N4S/c18-13-14-16(11-7-3-1-4-8-11)17(15-13)12-9-5-2-6-10-12/h1-10,13-14H/p+1/t13-/m1/s1. The number of azo groups is 1. The van der Waals surface area contributed by atoms with Crippen molar-refractivity contribution in [2.24, 2.45) is 5.11 Å². The summed E-state index contributed by atoms with van der Waals surface area (Å²) in [5.41, 5.74) is 4.94. The summed E-state index contributed by atoms with van der Waals surface area (Å²) < 4.78 is 0. The van der Waals surface area contributed by atoms with Crippen LogP contribution in [0.1, 0.15) is 0 Å². The Balaban J connectivity index is 1.99. The van der Waals surface area contributed by atoms with Gasteiger partial charge in [-0.25, -0.2) is 0 Å². The lowest BCUT2D eigenvalue weighted by Crippen LogP contribution is -2.39. The Bertz CT molecular complexity index is 556. The van der Waals surface area contributed by atoms with Crippen LogP contribution in [0.5, 0.6) is 0 Å². The van der Waals surface area contributed by atoms with Gasteiger partial charge in [0, 0.05) is 17.2 Å². The fourth-order valence-electron chi connectivity index (χ4n) is 1.84. The maximum absolute atomic E-state index is 4.43. The van der Waals surface area contributed by atoms with E-state index in [1.165, 1.54) is 0 Å². The highest BCUT2D eigenvalue weighted by atomic mass is 32.1. The van der Waals surface area contributed by atoms with E-state index in [1.54, 1.807) is 0 Å². The van der Waals surface area contributed by atoms with Gasteiger partial charge >= 0.3 is 0 Å². The van der Waals surface area contributed by atoms with Crippen LogP contribution in [0.3, 0.4) is 0 Å². The molecule has 0 aromatic heterocycles. The van der Waals surface area contributed by atoms with Gasteiger partial charge in [-0.2, -0.15) is 0 Å². The highest BCUT2D eigenvalue weighted by Crippen LogP contribution is 2.24. The molecule has 1 heterocycles. The topological polar surface area (TPSA) is 30.6 Å². The summed E-state index contributed by atoms with van der Waals surface area (Å²) in [6, 6.07) is 20.0. The Kier molecular flexibility index (Phi) is 3.00. The Morgan fingerprint density at radius 2 is 1.61 bits per heavy atom. The smallest absolute Gasteiger partial charge is 0.137 e. The van der Waals surface area contributed by atoms with Crippen LogP contribution in [0.2, 0.25) is 0 Å². The molecule has 0 bridgehead atoms. The number of anilines is 1. The molecule has 0 radical (unpaired) electrons. The molecule has 0 fully saturated rings. The lowest BCUT2D eigenvalue weighted by Gasteiger charge is -2.11. The number of benzene rings is 2. The van der Waals surface area contributed by atoms with Gasteiger partial charge in [-0.1, -0.05) is 36.4 Å². The lowest BCUT2D eigenvalue weighted by atomic mass is 10.3. The van der Waals surface area contributed by atoms with E-state index in [4.69, 9.17) is 0 Å². The minimum Gasteiger partial charge on any atom is -0.137 e. The maximum atomic E-state index is 4.43. The number of hydrogen-bond donors (Lipinski definition) is 2. The van der Waals surface area contributed by atoms with E-state index in [0.29, 0.717) is 0 Å². The number of hydrazine groups is 2. The molecule has 2 aromatic rings. The van der Waals surface area contributed by atoms with Crippen molar-refractivity contribution in [1.82, 2.24) is 5.43 Å². The minimum absolute atomic E-state index is 0.245. The molecule has 1 aliphatic heterocycles. The third-order valence-corrected chi connectivity index (χ3v) is 2.85. The molecule has 0 saturated heterocycles. The van der Waals surface area contributed by atoms with Crippen molar-refractivity contribution in [3.05, 3.63) is 60.7 Å². The number of rotatable bonds is 2. The van der Waals surface area contributed by atoms with E-state index in [0.717, 1.165) is 11.4 Å². The maximum Gasteiger partial charge on any atom is 0.267 e. The number of hydrogen-bond acceptors (Lipinski definition) is 4. The van der Waals surface area contributed by atoms with Crippen LogP contribution in [0.15, 0.2) is 65.8 Å². The molecule has 18 heavy (non-hydrogen) atoms. The van der Waals surface area contributed by atoms with Gasteiger partial charge < -0.3 is 0 Å². The molecule has 1 aliphatic rings. The monoisotopic (exact) mass is 257 g/mol. The molecule has 3 rings (SSSR count). The van der Waals surface area contributed by atoms with Gasteiger partial charge in [-0.05, 0) is 17.3 Å². The second kappa shape index (κ2) is 4.80. The summed E-state index contributed by atoms with van der Waals surface area (Å²) in [5, 5.41) is 6.31. The summed E-state index contributed by atoms with van der Waals surface area (Å²) >= 11 is 4.35. The van der Waals surface area contributed by atoms with Crippen LogP contribution in [-0.2, 0) is 0 Å². The van der Waals surface area contributed by atoms with Crippen molar-refractivity contribution in [2.45, 2.75) is 5.50 Å². The zero-order chi connectivity index (χ0) is 12.4. The quantitative estimate of drug-likeness (QED) is 0.640. The fraction of sp³-hybridized carbons (Fsp3) is 0.0769. The van der Waals surface area contributed by atoms with E-state index < -0.39 is 0 Å². The average Bonchev–Trinajstić information content (AvgIpc) is 2.83. The average molecular weight is 257 g/mol. The minimum atomic E-state index is -0.245. The van der Waals surface area contributed by atoms with Crippen LogP contribution >= 0.6 is 12.6 Å². The number of para-hydroxylation sites is 2. The van der Waals surface area contributed by atoms with Crippen LogP contribution in [0.4, 0.5) is 11.4 Å². The number of nitrogens with zero attached hydrogens (tertiary/aromatic N) is 3. The van der Waals surface area contributed by atoms with E-state index in [2.05, 4.69) is 23.2 Å². The third kappa shape index (κ3) is 2.10. The van der Waals surface area contributed by atoms with Gasteiger partial charge in [0.2, 0.25) is 5.50 Å². The molecular weight excluding hydrogens is 244 g/mol. The Hall–Kier alpha value is -1.85. The Morgan fingerprint density at radius 1 is 1.00 bits per heavy atom. The first-order valence-electron chi connectivity index (χ1n) is 5.70. The number of thiol groups is 1. The zero-order valence-corrected chi connectivity index (χ0v) is 10.5. The summed E-state index contributed by atoms with van der Waals surface area (Å²) in [7, 11) is 0. The van der Waals surface area contributed by atoms with E-state index >= 15 is 0 Å². The van der Waals surface area contributed by atoms with Crippen LogP contribution in [0.25, 0.3) is 0 Å². The molecule has 1 N–H and O–H groups in total. The van der Waals surface area contributed by atoms with Crippen molar-refractivity contribution in [3.8, 4) is 0 Å². The molecular formula is C13H13N4S+. The van der Waals surface area contributed by atoms with Crippen LogP contribution in [-0.4, -0.2) is 10.3 Å². The van der Waals surface area contributed by atoms with Crippen molar-refractivity contribution in [3.63, 3.8) is 0 Å². The normalized spacial score (nSPS) is 18.8. The first-order chi connectivity index (χ1) is 8.84. The molecule has 4 nitrogen and oxygen atoms in total. The van der Waals surface area contributed by atoms with Crippen LogP contribution in [0, 0.1) is 0 Å². The van der Waals surface area contributed by atoms with Gasteiger partial charge in [0.1, 0.15) is 5.69 Å². The molecule has 0 spiro atoms. The first-order valence-corrected chi connectivity index (χ1v) is 6.21. The van der Waals surface area contributed by atoms with Gasteiger partial charge in [-0.3, -0.25) is 0 Å². The summed E-state index contributed by atoms with van der Waals surface area (Å²) in [6.07, 6.45) is 0. The number of nitrogens with one attached hydrogen (secondary N) is 1. The SMILES string of the molecule is S[C@H]1N=[N+](c2ccccc2)N(c2ccccc2)N1. The van der Waals surface area contributed by atoms with Crippen molar-refractivity contribution in [1.29, 1.82) is 0 Å². The van der Waals surface area contributed by atoms with Gasteiger partial charge in [0.25, 0.3) is 5.69 Å². The highest BCUT2D eigenvalue weighted by Gasteiger charge is 2.33. The van der Waals surface area contributed by atoms with Crippen molar-refractivity contribution in [2.75, 3.05) is 5.12 Å².